The number of benzene rings is 2. The van der Waals surface area contributed by atoms with Gasteiger partial charge in [0.15, 0.2) is 0 Å². The smallest absolute Gasteiger partial charge is 0.128 e. The van der Waals surface area contributed by atoms with Gasteiger partial charge in [-0.3, -0.25) is 9.78 Å². The number of ether oxygens (including phenoxy) is 1. The molecule has 0 saturated carbocycles. The standard InChI is InChI=1S/C20H21N5O/c1-24(2)11-12-25-20-8-7-18(13-16(20)14-22-25)26-17-5-3-15(4-6-17)19-9-10-21-23-19/h3-10,13-14H,11-12H2,1-2H3,(H,21,23). The monoisotopic (exact) mass is 347 g/mol. The molecular formula is C20H21N5O. The molecule has 4 aromatic rings. The number of H-pyrrole nitrogens is 1. The van der Waals surface area contributed by atoms with E-state index in [1.165, 1.54) is 0 Å². The fourth-order valence-electron chi connectivity index (χ4n) is 2.86. The van der Waals surface area contributed by atoms with Crippen LogP contribution in [0.3, 0.4) is 0 Å². The second kappa shape index (κ2) is 7.01. The molecule has 0 amide bonds. The molecule has 2 heterocycles. The summed E-state index contributed by atoms with van der Waals surface area (Å²) < 4.78 is 8.02. The lowest BCUT2D eigenvalue weighted by Crippen LogP contribution is -2.18. The minimum absolute atomic E-state index is 0.799. The van der Waals surface area contributed by atoms with E-state index in [-0.39, 0.29) is 0 Å². The molecule has 4 rings (SSSR count). The summed E-state index contributed by atoms with van der Waals surface area (Å²) in [7, 11) is 4.13. The fraction of sp³-hybridized carbons (Fsp3) is 0.200. The SMILES string of the molecule is CN(C)CCn1ncc2cc(Oc3ccc(-c4ccn[nH]4)cc3)ccc21. The molecule has 0 aliphatic carbocycles. The van der Waals surface area contributed by atoms with Crippen LogP contribution in [-0.2, 0) is 6.54 Å². The normalized spacial score (nSPS) is 11.3. The lowest BCUT2D eigenvalue weighted by molar-refractivity contribution is 0.377. The third-order valence-corrected chi connectivity index (χ3v) is 4.27. The van der Waals surface area contributed by atoms with Crippen LogP contribution in [0.2, 0.25) is 0 Å². The molecule has 0 fully saturated rings. The highest BCUT2D eigenvalue weighted by molar-refractivity contribution is 5.80. The van der Waals surface area contributed by atoms with Crippen LogP contribution in [0, 0.1) is 0 Å². The molecule has 0 unspecified atom stereocenters. The van der Waals surface area contributed by atoms with Crippen molar-refractivity contribution in [3.63, 3.8) is 0 Å². The molecule has 132 valence electrons. The Morgan fingerprint density at radius 3 is 2.58 bits per heavy atom. The predicted molar refractivity (Wildman–Crippen MR) is 102 cm³/mol. The number of hydrogen-bond donors (Lipinski definition) is 1. The van der Waals surface area contributed by atoms with Gasteiger partial charge in [-0.25, -0.2) is 0 Å². The van der Waals surface area contributed by atoms with Crippen molar-refractivity contribution in [2.45, 2.75) is 6.54 Å². The highest BCUT2D eigenvalue weighted by Gasteiger charge is 2.06. The van der Waals surface area contributed by atoms with Crippen LogP contribution in [-0.4, -0.2) is 45.5 Å². The van der Waals surface area contributed by atoms with E-state index in [0.717, 1.165) is 46.7 Å². The van der Waals surface area contributed by atoms with Gasteiger partial charge < -0.3 is 9.64 Å². The molecule has 0 aliphatic heterocycles. The molecule has 6 nitrogen and oxygen atoms in total. The van der Waals surface area contributed by atoms with E-state index in [2.05, 4.69) is 40.4 Å². The zero-order valence-corrected chi connectivity index (χ0v) is 14.9. The lowest BCUT2D eigenvalue weighted by Gasteiger charge is -2.10. The van der Waals surface area contributed by atoms with Gasteiger partial charge >= 0.3 is 0 Å². The third-order valence-electron chi connectivity index (χ3n) is 4.27. The molecule has 2 aromatic heterocycles. The predicted octanol–water partition coefficient (Wildman–Crippen LogP) is 3.78. The summed E-state index contributed by atoms with van der Waals surface area (Å²) >= 11 is 0. The van der Waals surface area contributed by atoms with Crippen LogP contribution in [0.25, 0.3) is 22.2 Å². The first-order chi connectivity index (χ1) is 12.7. The Hall–Kier alpha value is -3.12. The van der Waals surface area contributed by atoms with Gasteiger partial charge in [0.2, 0.25) is 0 Å². The molecule has 26 heavy (non-hydrogen) atoms. The summed E-state index contributed by atoms with van der Waals surface area (Å²) in [6.45, 7) is 1.82. The number of aromatic nitrogens is 4. The Morgan fingerprint density at radius 1 is 1.04 bits per heavy atom. The zero-order valence-electron chi connectivity index (χ0n) is 14.9. The average molecular weight is 347 g/mol. The van der Waals surface area contributed by atoms with Crippen LogP contribution in [0.4, 0.5) is 0 Å². The molecule has 1 N–H and O–H groups in total. The molecule has 0 bridgehead atoms. The molecule has 2 aromatic carbocycles. The van der Waals surface area contributed by atoms with E-state index < -0.39 is 0 Å². The van der Waals surface area contributed by atoms with Crippen molar-refractivity contribution in [2.24, 2.45) is 0 Å². The van der Waals surface area contributed by atoms with Gasteiger partial charge in [-0.1, -0.05) is 0 Å². The molecule has 0 aliphatic rings. The Kier molecular flexibility index (Phi) is 4.41. The second-order valence-electron chi connectivity index (χ2n) is 6.49. The number of aromatic amines is 1. The Labute approximate surface area is 152 Å². The summed E-state index contributed by atoms with van der Waals surface area (Å²) in [6.07, 6.45) is 3.63. The summed E-state index contributed by atoms with van der Waals surface area (Å²) in [5.41, 5.74) is 3.18. The number of likely N-dealkylation sites (N-methyl/N-ethyl adjacent to an activating group) is 1. The molecular weight excluding hydrogens is 326 g/mol. The van der Waals surface area contributed by atoms with Gasteiger partial charge in [-0.05, 0) is 68.2 Å². The Bertz CT molecular complexity index is 987. The van der Waals surface area contributed by atoms with Crippen molar-refractivity contribution >= 4 is 10.9 Å². The topological polar surface area (TPSA) is 59.0 Å². The van der Waals surface area contributed by atoms with Gasteiger partial charge in [-0.15, -0.1) is 0 Å². The number of nitrogens with zero attached hydrogens (tertiary/aromatic N) is 4. The first-order valence-electron chi connectivity index (χ1n) is 8.57. The highest BCUT2D eigenvalue weighted by Crippen LogP contribution is 2.27. The minimum Gasteiger partial charge on any atom is -0.457 e. The third kappa shape index (κ3) is 3.45. The summed E-state index contributed by atoms with van der Waals surface area (Å²) in [6, 6.07) is 16.0. The summed E-state index contributed by atoms with van der Waals surface area (Å²) in [4.78, 5) is 2.15. The van der Waals surface area contributed by atoms with Gasteiger partial charge in [0, 0.05) is 18.1 Å². The van der Waals surface area contributed by atoms with Crippen molar-refractivity contribution < 1.29 is 4.74 Å². The van der Waals surface area contributed by atoms with E-state index in [1.807, 2.05) is 53.3 Å². The molecule has 0 radical (unpaired) electrons. The van der Waals surface area contributed by atoms with Gasteiger partial charge in [-0.2, -0.15) is 10.2 Å². The van der Waals surface area contributed by atoms with Crippen molar-refractivity contribution in [1.82, 2.24) is 24.9 Å². The van der Waals surface area contributed by atoms with E-state index >= 15 is 0 Å². The van der Waals surface area contributed by atoms with Crippen LogP contribution >= 0.6 is 0 Å². The lowest BCUT2D eigenvalue weighted by atomic mass is 10.1. The first kappa shape index (κ1) is 16.4. The average Bonchev–Trinajstić information content (AvgIpc) is 3.30. The second-order valence-corrected chi connectivity index (χ2v) is 6.49. The zero-order chi connectivity index (χ0) is 17.9. The maximum Gasteiger partial charge on any atom is 0.128 e. The van der Waals surface area contributed by atoms with Crippen molar-refractivity contribution in [1.29, 1.82) is 0 Å². The quantitative estimate of drug-likeness (QED) is 0.577. The summed E-state index contributed by atoms with van der Waals surface area (Å²) in [5, 5.41) is 12.5. The molecule has 0 atom stereocenters. The van der Waals surface area contributed by atoms with E-state index in [4.69, 9.17) is 4.74 Å². The maximum absolute atomic E-state index is 6.00. The van der Waals surface area contributed by atoms with E-state index in [1.54, 1.807) is 6.20 Å². The largest absolute Gasteiger partial charge is 0.457 e. The summed E-state index contributed by atoms with van der Waals surface area (Å²) in [5.74, 6) is 1.60. The van der Waals surface area contributed by atoms with Gasteiger partial charge in [0.05, 0.1) is 24.0 Å². The highest BCUT2D eigenvalue weighted by atomic mass is 16.5. The van der Waals surface area contributed by atoms with Crippen LogP contribution in [0.15, 0.2) is 60.9 Å². The molecule has 0 spiro atoms. The number of nitrogens with one attached hydrogen (secondary N) is 1. The van der Waals surface area contributed by atoms with Gasteiger partial charge in [0.1, 0.15) is 11.5 Å². The van der Waals surface area contributed by atoms with E-state index in [0.29, 0.717) is 0 Å². The van der Waals surface area contributed by atoms with Crippen molar-refractivity contribution in [3.8, 4) is 22.8 Å². The Morgan fingerprint density at radius 2 is 1.85 bits per heavy atom. The molecule has 0 saturated heterocycles. The minimum atomic E-state index is 0.799. The van der Waals surface area contributed by atoms with Crippen LogP contribution in [0.5, 0.6) is 11.5 Å². The van der Waals surface area contributed by atoms with Gasteiger partial charge in [0.25, 0.3) is 0 Å². The maximum atomic E-state index is 6.00. The first-order valence-corrected chi connectivity index (χ1v) is 8.57. The number of rotatable bonds is 6. The van der Waals surface area contributed by atoms with Crippen LogP contribution < -0.4 is 4.74 Å². The Balaban J connectivity index is 1.50. The van der Waals surface area contributed by atoms with Crippen molar-refractivity contribution in [3.05, 3.63) is 60.9 Å². The molecule has 6 heteroatoms. The number of fused-ring (bicyclic) bond motifs is 1. The number of hydrogen-bond acceptors (Lipinski definition) is 4. The van der Waals surface area contributed by atoms with E-state index in [9.17, 15) is 0 Å². The van der Waals surface area contributed by atoms with Crippen molar-refractivity contribution in [2.75, 3.05) is 20.6 Å². The fourth-order valence-corrected chi connectivity index (χ4v) is 2.86. The van der Waals surface area contributed by atoms with Crippen LogP contribution in [0.1, 0.15) is 0 Å².